The molecule has 3 amide bonds. The van der Waals surface area contributed by atoms with Crippen molar-refractivity contribution < 1.29 is 29.0 Å². The molecule has 1 N–H and O–H groups in total. The van der Waals surface area contributed by atoms with Crippen molar-refractivity contribution in [3.63, 3.8) is 0 Å². The molecule has 4 fully saturated rings. The number of aliphatic hydroxyl groups is 1. The zero-order valence-corrected chi connectivity index (χ0v) is 27.5. The summed E-state index contributed by atoms with van der Waals surface area (Å²) in [7, 11) is 0. The third kappa shape index (κ3) is 6.81. The van der Waals surface area contributed by atoms with E-state index in [-0.39, 0.29) is 24.3 Å². The van der Waals surface area contributed by atoms with Gasteiger partial charge in [0, 0.05) is 59.0 Å². The van der Waals surface area contributed by atoms with E-state index in [2.05, 4.69) is 18.1 Å². The van der Waals surface area contributed by atoms with E-state index < -0.39 is 29.1 Å². The van der Waals surface area contributed by atoms with Crippen LogP contribution in [0.3, 0.4) is 0 Å². The minimum Gasteiger partial charge on any atom is -0.396 e. The number of aliphatic hydroxyl groups excluding tert-OH is 1. The third-order valence-corrected chi connectivity index (χ3v) is 10.4. The van der Waals surface area contributed by atoms with Crippen LogP contribution in [0.1, 0.15) is 51.0 Å². The third-order valence-electron chi connectivity index (χ3n) is 10.4. The summed E-state index contributed by atoms with van der Waals surface area (Å²) in [4.78, 5) is 51.4. The monoisotopic (exact) mass is 636 g/mol. The van der Waals surface area contributed by atoms with Gasteiger partial charge in [0.25, 0.3) is 0 Å². The number of fused-ring (bicyclic) bond motifs is 1. The second kappa shape index (κ2) is 15.2. The smallest absolute Gasteiger partial charge is 0.248 e. The number of ether oxygens (including phenoxy) is 2. The van der Waals surface area contributed by atoms with Crippen LogP contribution >= 0.6 is 0 Å². The summed E-state index contributed by atoms with van der Waals surface area (Å²) < 4.78 is 12.4. The number of hydrogen-bond donors (Lipinski definition) is 1. The van der Waals surface area contributed by atoms with E-state index in [0.717, 1.165) is 31.5 Å². The quantitative estimate of drug-likeness (QED) is 0.207. The molecule has 46 heavy (non-hydrogen) atoms. The van der Waals surface area contributed by atoms with Gasteiger partial charge in [-0.05, 0) is 38.2 Å². The molecule has 5 atom stereocenters. The minimum absolute atomic E-state index is 0.127. The maximum absolute atomic E-state index is 14.7. The Labute approximate surface area is 274 Å². The molecule has 2 unspecified atom stereocenters. The van der Waals surface area contributed by atoms with Gasteiger partial charge < -0.3 is 29.3 Å². The average Bonchev–Trinajstić information content (AvgIpc) is 3.63. The molecule has 4 aliphatic rings. The molecule has 10 heteroatoms. The van der Waals surface area contributed by atoms with Crippen LogP contribution in [0.5, 0.6) is 0 Å². The fourth-order valence-electron chi connectivity index (χ4n) is 8.17. The number of morpholine rings is 1. The first-order valence-corrected chi connectivity index (χ1v) is 17.0. The Bertz CT molecular complexity index is 1240. The molecule has 1 aromatic rings. The predicted octanol–water partition coefficient (Wildman–Crippen LogP) is 2.87. The van der Waals surface area contributed by atoms with Gasteiger partial charge in [-0.1, -0.05) is 55.3 Å². The van der Waals surface area contributed by atoms with Crippen molar-refractivity contribution in [2.75, 3.05) is 65.6 Å². The number of carbonyl (C=O) groups is 3. The molecule has 4 heterocycles. The molecular formula is C36H52N4O6. The van der Waals surface area contributed by atoms with Crippen LogP contribution in [-0.2, 0) is 30.4 Å². The first-order chi connectivity index (χ1) is 22.3. The molecule has 0 aromatic heterocycles. The van der Waals surface area contributed by atoms with Crippen molar-refractivity contribution in [3.05, 3.63) is 61.2 Å². The summed E-state index contributed by atoms with van der Waals surface area (Å²) in [6.07, 6.45) is 7.70. The molecule has 0 aliphatic carbocycles. The highest BCUT2D eigenvalue weighted by Gasteiger charge is 2.78. The molecule has 2 bridgehead atoms. The molecule has 1 spiro atoms. The Kier molecular flexibility index (Phi) is 11.4. The van der Waals surface area contributed by atoms with Gasteiger partial charge in [0.1, 0.15) is 11.6 Å². The van der Waals surface area contributed by atoms with Crippen molar-refractivity contribution in [2.24, 2.45) is 11.8 Å². The van der Waals surface area contributed by atoms with Gasteiger partial charge in [0.15, 0.2) is 0 Å². The summed E-state index contributed by atoms with van der Waals surface area (Å²) >= 11 is 0. The lowest BCUT2D eigenvalue weighted by Crippen LogP contribution is -2.57. The van der Waals surface area contributed by atoms with Gasteiger partial charge in [0.05, 0.1) is 30.7 Å². The predicted molar refractivity (Wildman–Crippen MR) is 176 cm³/mol. The lowest BCUT2D eigenvalue weighted by Gasteiger charge is -2.37. The number of hydrogen-bond acceptors (Lipinski definition) is 7. The zero-order valence-electron chi connectivity index (χ0n) is 27.5. The van der Waals surface area contributed by atoms with Gasteiger partial charge in [-0.25, -0.2) is 0 Å². The van der Waals surface area contributed by atoms with Gasteiger partial charge in [-0.3, -0.25) is 19.3 Å². The highest BCUT2D eigenvalue weighted by atomic mass is 16.5. The molecule has 4 saturated heterocycles. The van der Waals surface area contributed by atoms with Crippen LogP contribution in [0, 0.1) is 11.8 Å². The molecular weight excluding hydrogens is 584 g/mol. The van der Waals surface area contributed by atoms with Crippen molar-refractivity contribution >= 4 is 17.7 Å². The Balaban J connectivity index is 1.45. The lowest BCUT2D eigenvalue weighted by molar-refractivity contribution is -0.153. The normalized spacial score (nSPS) is 28.7. The van der Waals surface area contributed by atoms with Crippen molar-refractivity contribution in [1.29, 1.82) is 0 Å². The number of likely N-dealkylation sites (tertiary alicyclic amines) is 1. The highest BCUT2D eigenvalue weighted by molar-refractivity contribution is 5.99. The number of benzene rings is 1. The lowest BCUT2D eigenvalue weighted by atomic mass is 9.66. The second-order valence-corrected chi connectivity index (χ2v) is 13.4. The summed E-state index contributed by atoms with van der Waals surface area (Å²) in [5, 5.41) is 9.26. The second-order valence-electron chi connectivity index (χ2n) is 13.4. The number of nitrogens with zero attached hydrogens (tertiary/aromatic N) is 4. The minimum atomic E-state index is -1.07. The fraction of sp³-hybridized carbons (Fsp3) is 0.639. The number of carbonyl (C=O) groups excluding carboxylic acids is 3. The van der Waals surface area contributed by atoms with Crippen LogP contribution in [0.15, 0.2) is 55.6 Å². The summed E-state index contributed by atoms with van der Waals surface area (Å²) in [5.74, 6) is -1.86. The molecule has 4 aliphatic heterocycles. The Morgan fingerprint density at radius 2 is 1.67 bits per heavy atom. The fourth-order valence-corrected chi connectivity index (χ4v) is 8.17. The molecule has 10 nitrogen and oxygen atoms in total. The van der Waals surface area contributed by atoms with E-state index in [0.29, 0.717) is 78.2 Å². The zero-order chi connectivity index (χ0) is 32.7. The number of amides is 3. The maximum atomic E-state index is 14.7. The molecule has 252 valence electrons. The Morgan fingerprint density at radius 3 is 2.37 bits per heavy atom. The van der Waals surface area contributed by atoms with Crippen LogP contribution in [0.25, 0.3) is 0 Å². The standard InChI is InChI=1S/C36H52N4O6/c1-4-17-38(21-20-37-22-25-45-26-23-37)34(44)31-36-16-15-35(3,46-36)29(30(36)33(43)40(31)19-11-6-7-12-24-41)32(42)39(18-5-2)27-28-13-9-8-10-14-28/h4-5,8-10,13-14,29-31,41H,1-2,6-7,11-12,15-27H2,3H3/t29-,30-,31?,35+,36?/m0/s1. The highest BCUT2D eigenvalue weighted by Crippen LogP contribution is 2.63. The van der Waals surface area contributed by atoms with E-state index in [1.165, 1.54) is 0 Å². The topological polar surface area (TPSA) is 103 Å². The van der Waals surface area contributed by atoms with Gasteiger partial charge in [0.2, 0.25) is 17.7 Å². The van der Waals surface area contributed by atoms with E-state index in [4.69, 9.17) is 9.47 Å². The number of rotatable bonds is 17. The summed E-state index contributed by atoms with van der Waals surface area (Å²) in [6, 6.07) is 9.01. The van der Waals surface area contributed by atoms with E-state index in [1.807, 2.05) is 42.2 Å². The van der Waals surface area contributed by atoms with Crippen LogP contribution in [0.4, 0.5) is 0 Å². The molecule has 0 radical (unpaired) electrons. The van der Waals surface area contributed by atoms with Crippen LogP contribution < -0.4 is 0 Å². The van der Waals surface area contributed by atoms with E-state index in [1.54, 1.807) is 22.0 Å². The van der Waals surface area contributed by atoms with Gasteiger partial charge >= 0.3 is 0 Å². The Hall–Kier alpha value is -3.05. The van der Waals surface area contributed by atoms with Gasteiger partial charge in [-0.2, -0.15) is 0 Å². The summed E-state index contributed by atoms with van der Waals surface area (Å²) in [6.45, 7) is 15.6. The SMILES string of the molecule is C=CCN(CCN1CCOCC1)C(=O)C1N(CCCCCCO)C(=O)[C@@H]2[C@@H](C(=O)N(CC=C)Cc3ccccc3)[C@@]3(C)CCC12O3. The molecule has 1 aromatic carbocycles. The maximum Gasteiger partial charge on any atom is 0.248 e. The average molecular weight is 637 g/mol. The Morgan fingerprint density at radius 1 is 0.978 bits per heavy atom. The van der Waals surface area contributed by atoms with Gasteiger partial charge in [-0.15, -0.1) is 13.2 Å². The van der Waals surface area contributed by atoms with Crippen molar-refractivity contribution in [2.45, 2.75) is 69.2 Å². The van der Waals surface area contributed by atoms with Crippen LogP contribution in [-0.4, -0.2) is 125 Å². The molecule has 0 saturated carbocycles. The van der Waals surface area contributed by atoms with E-state index in [9.17, 15) is 19.5 Å². The van der Waals surface area contributed by atoms with Crippen molar-refractivity contribution in [3.8, 4) is 0 Å². The van der Waals surface area contributed by atoms with Crippen LogP contribution in [0.2, 0.25) is 0 Å². The largest absolute Gasteiger partial charge is 0.396 e. The number of unbranched alkanes of at least 4 members (excludes halogenated alkanes) is 3. The first-order valence-electron chi connectivity index (χ1n) is 17.0. The summed E-state index contributed by atoms with van der Waals surface area (Å²) in [5.41, 5.74) is -0.923. The molecule has 5 rings (SSSR count). The van der Waals surface area contributed by atoms with E-state index >= 15 is 0 Å². The first kappa shape index (κ1) is 34.3. The van der Waals surface area contributed by atoms with Crippen molar-refractivity contribution in [1.82, 2.24) is 19.6 Å².